The highest BCUT2D eigenvalue weighted by Gasteiger charge is 2.53. The van der Waals surface area contributed by atoms with E-state index in [1.807, 2.05) is 0 Å². The first-order valence-electron chi connectivity index (χ1n) is 9.47. The highest BCUT2D eigenvalue weighted by Crippen LogP contribution is 2.43. The molecule has 7 heteroatoms. The fraction of sp³-hybridized carbons (Fsp3) is 0.600. The average Bonchev–Trinajstić information content (AvgIpc) is 3.03. The first-order valence-corrected chi connectivity index (χ1v) is 9.47. The second kappa shape index (κ2) is 8.35. The Labute approximate surface area is 159 Å². The van der Waals surface area contributed by atoms with Gasteiger partial charge in [0.2, 0.25) is 5.91 Å². The van der Waals surface area contributed by atoms with Crippen molar-refractivity contribution < 1.29 is 23.5 Å². The van der Waals surface area contributed by atoms with Gasteiger partial charge in [-0.25, -0.2) is 4.39 Å². The van der Waals surface area contributed by atoms with Gasteiger partial charge in [0.1, 0.15) is 17.6 Å². The van der Waals surface area contributed by atoms with Crippen LogP contribution in [-0.2, 0) is 14.3 Å². The van der Waals surface area contributed by atoms with Gasteiger partial charge >= 0.3 is 0 Å². The predicted octanol–water partition coefficient (Wildman–Crippen LogP) is 2.34. The molecule has 1 aromatic rings. The quantitative estimate of drug-likeness (QED) is 0.799. The number of hydrogen-bond acceptors (Lipinski definition) is 4. The number of methoxy groups -OCH3 is 1. The summed E-state index contributed by atoms with van der Waals surface area (Å²) in [7, 11) is 1.55. The molecule has 2 aliphatic rings. The fourth-order valence-electron chi connectivity index (χ4n) is 3.94. The van der Waals surface area contributed by atoms with E-state index in [1.54, 1.807) is 19.2 Å². The van der Waals surface area contributed by atoms with Gasteiger partial charge in [-0.15, -0.1) is 0 Å². The maximum atomic E-state index is 14.3. The van der Waals surface area contributed by atoms with Gasteiger partial charge in [0.05, 0.1) is 18.8 Å². The third-order valence-electron chi connectivity index (χ3n) is 5.55. The van der Waals surface area contributed by atoms with E-state index < -0.39 is 23.5 Å². The topological polar surface area (TPSA) is 67.9 Å². The van der Waals surface area contributed by atoms with E-state index in [9.17, 15) is 14.0 Å². The van der Waals surface area contributed by atoms with Crippen LogP contribution in [0.1, 0.15) is 43.0 Å². The van der Waals surface area contributed by atoms with Crippen LogP contribution in [0.5, 0.6) is 0 Å². The SMILES string of the molecule is COCCNC(=O)[C@H]1COC2(CCC(C)CC2)N1C(=O)c1ccccc1F. The third-order valence-corrected chi connectivity index (χ3v) is 5.55. The normalized spacial score (nSPS) is 27.7. The van der Waals surface area contributed by atoms with Gasteiger partial charge in [0, 0.05) is 13.7 Å². The van der Waals surface area contributed by atoms with Crippen molar-refractivity contribution in [2.75, 3.05) is 26.9 Å². The van der Waals surface area contributed by atoms with Crippen molar-refractivity contribution in [1.29, 1.82) is 0 Å². The molecule has 3 rings (SSSR count). The van der Waals surface area contributed by atoms with Gasteiger partial charge in [-0.2, -0.15) is 0 Å². The summed E-state index contributed by atoms with van der Waals surface area (Å²) in [6.45, 7) is 3.01. The molecule has 0 aromatic heterocycles. The lowest BCUT2D eigenvalue weighted by Gasteiger charge is -2.43. The van der Waals surface area contributed by atoms with Crippen LogP contribution in [0.2, 0.25) is 0 Å². The first-order chi connectivity index (χ1) is 13.0. The Morgan fingerprint density at radius 2 is 2.04 bits per heavy atom. The molecule has 1 aliphatic heterocycles. The van der Waals surface area contributed by atoms with Gasteiger partial charge in [-0.05, 0) is 43.7 Å². The molecule has 1 saturated heterocycles. The Bertz CT molecular complexity index is 688. The van der Waals surface area contributed by atoms with Crippen molar-refractivity contribution in [3.05, 3.63) is 35.6 Å². The van der Waals surface area contributed by atoms with Crippen molar-refractivity contribution >= 4 is 11.8 Å². The Kier molecular flexibility index (Phi) is 6.11. The van der Waals surface area contributed by atoms with Crippen molar-refractivity contribution in [3.63, 3.8) is 0 Å². The highest BCUT2D eigenvalue weighted by molar-refractivity contribution is 5.98. The molecule has 0 radical (unpaired) electrons. The lowest BCUT2D eigenvalue weighted by Crippen LogP contribution is -2.57. The van der Waals surface area contributed by atoms with Gasteiger partial charge < -0.3 is 14.8 Å². The summed E-state index contributed by atoms with van der Waals surface area (Å²) in [5, 5.41) is 2.78. The van der Waals surface area contributed by atoms with Crippen molar-refractivity contribution in [3.8, 4) is 0 Å². The number of halogens is 1. The van der Waals surface area contributed by atoms with Crippen LogP contribution in [0, 0.1) is 11.7 Å². The number of nitrogens with one attached hydrogen (secondary N) is 1. The van der Waals surface area contributed by atoms with Gasteiger partial charge in [-0.1, -0.05) is 19.1 Å². The minimum atomic E-state index is -0.838. The second-order valence-electron chi connectivity index (χ2n) is 7.39. The number of ether oxygens (including phenoxy) is 2. The van der Waals surface area contributed by atoms with Gasteiger partial charge in [-0.3, -0.25) is 14.5 Å². The van der Waals surface area contributed by atoms with Crippen LogP contribution >= 0.6 is 0 Å². The van der Waals surface area contributed by atoms with E-state index >= 15 is 0 Å². The summed E-state index contributed by atoms with van der Waals surface area (Å²) in [5.41, 5.74) is -0.870. The Morgan fingerprint density at radius 3 is 2.70 bits per heavy atom. The molecule has 0 unspecified atom stereocenters. The number of carbonyl (C=O) groups excluding carboxylic acids is 2. The molecule has 1 N–H and O–H groups in total. The molecule has 1 aromatic carbocycles. The number of rotatable bonds is 5. The van der Waals surface area contributed by atoms with Crippen LogP contribution < -0.4 is 5.32 Å². The summed E-state index contributed by atoms with van der Waals surface area (Å²) in [6.07, 6.45) is 3.10. The van der Waals surface area contributed by atoms with Crippen LogP contribution in [0.3, 0.4) is 0 Å². The van der Waals surface area contributed by atoms with Crippen LogP contribution in [0.4, 0.5) is 4.39 Å². The Balaban J connectivity index is 1.89. The van der Waals surface area contributed by atoms with Crippen molar-refractivity contribution in [2.24, 2.45) is 5.92 Å². The van der Waals surface area contributed by atoms with E-state index in [2.05, 4.69) is 12.2 Å². The summed E-state index contributed by atoms with van der Waals surface area (Å²) in [5.74, 6) is -0.842. The molecule has 2 fully saturated rings. The minimum Gasteiger partial charge on any atom is -0.383 e. The lowest BCUT2D eigenvalue weighted by molar-refractivity contribution is -0.128. The predicted molar refractivity (Wildman–Crippen MR) is 97.6 cm³/mol. The van der Waals surface area contributed by atoms with Crippen LogP contribution in [0.15, 0.2) is 24.3 Å². The second-order valence-corrected chi connectivity index (χ2v) is 7.39. The Hall–Kier alpha value is -1.99. The molecular formula is C20H27FN2O4. The van der Waals surface area contributed by atoms with E-state index in [4.69, 9.17) is 9.47 Å². The summed E-state index contributed by atoms with van der Waals surface area (Å²) >= 11 is 0. The fourth-order valence-corrected chi connectivity index (χ4v) is 3.94. The van der Waals surface area contributed by atoms with E-state index in [0.717, 1.165) is 12.8 Å². The van der Waals surface area contributed by atoms with Gasteiger partial charge in [0.25, 0.3) is 5.91 Å². The van der Waals surface area contributed by atoms with E-state index in [0.29, 0.717) is 31.9 Å². The monoisotopic (exact) mass is 378 g/mol. The number of benzene rings is 1. The molecule has 2 amide bonds. The molecule has 1 atom stereocenters. The number of amides is 2. The number of nitrogens with zero attached hydrogens (tertiary/aromatic N) is 1. The lowest BCUT2D eigenvalue weighted by atomic mass is 9.83. The molecule has 1 saturated carbocycles. The molecule has 1 aliphatic carbocycles. The molecule has 27 heavy (non-hydrogen) atoms. The smallest absolute Gasteiger partial charge is 0.259 e. The summed E-state index contributed by atoms with van der Waals surface area (Å²) in [6, 6.07) is 5.10. The molecule has 1 heterocycles. The van der Waals surface area contributed by atoms with Crippen LogP contribution in [-0.4, -0.2) is 55.3 Å². The van der Waals surface area contributed by atoms with E-state index in [1.165, 1.54) is 17.0 Å². The molecule has 6 nitrogen and oxygen atoms in total. The maximum Gasteiger partial charge on any atom is 0.259 e. The maximum absolute atomic E-state index is 14.3. The van der Waals surface area contributed by atoms with Crippen molar-refractivity contribution in [1.82, 2.24) is 10.2 Å². The van der Waals surface area contributed by atoms with Crippen molar-refractivity contribution in [2.45, 2.75) is 44.4 Å². The first kappa shape index (κ1) is 19.8. The number of hydrogen-bond donors (Lipinski definition) is 1. The zero-order valence-corrected chi connectivity index (χ0v) is 15.9. The molecule has 148 valence electrons. The standard InChI is InChI=1S/C20H27FN2O4/c1-14-7-9-20(10-8-14)23(19(25)15-5-3-4-6-16(15)21)17(13-27-20)18(24)22-11-12-26-2/h3-6,14,17H,7-13H2,1-2H3,(H,22,24)/t14?,17-,20?/m1/s1. The minimum absolute atomic E-state index is 0.0318. The average molecular weight is 378 g/mol. The Morgan fingerprint density at radius 1 is 1.33 bits per heavy atom. The third kappa shape index (κ3) is 3.99. The number of carbonyl (C=O) groups is 2. The zero-order valence-electron chi connectivity index (χ0n) is 15.9. The molecular weight excluding hydrogens is 351 g/mol. The van der Waals surface area contributed by atoms with Crippen LogP contribution in [0.25, 0.3) is 0 Å². The van der Waals surface area contributed by atoms with Gasteiger partial charge in [0.15, 0.2) is 0 Å². The zero-order chi connectivity index (χ0) is 19.4. The summed E-state index contributed by atoms with van der Waals surface area (Å²) in [4.78, 5) is 27.5. The molecule has 1 spiro atoms. The molecule has 0 bridgehead atoms. The van der Waals surface area contributed by atoms with E-state index in [-0.39, 0.29) is 18.1 Å². The largest absolute Gasteiger partial charge is 0.383 e. The summed E-state index contributed by atoms with van der Waals surface area (Å²) < 4.78 is 25.3. The highest BCUT2D eigenvalue weighted by atomic mass is 19.1.